The van der Waals surface area contributed by atoms with Gasteiger partial charge in [0.15, 0.2) is 0 Å². The fourth-order valence-corrected chi connectivity index (χ4v) is 2.38. The second-order valence-corrected chi connectivity index (χ2v) is 5.65. The van der Waals surface area contributed by atoms with Crippen molar-refractivity contribution in [2.75, 3.05) is 13.1 Å². The summed E-state index contributed by atoms with van der Waals surface area (Å²) < 4.78 is 0. The third-order valence-electron chi connectivity index (χ3n) is 3.15. The van der Waals surface area contributed by atoms with Gasteiger partial charge in [0, 0.05) is 19.1 Å². The van der Waals surface area contributed by atoms with Crippen molar-refractivity contribution in [1.82, 2.24) is 10.2 Å². The number of amides is 1. The van der Waals surface area contributed by atoms with Crippen molar-refractivity contribution in [3.8, 4) is 0 Å². The zero-order valence-electron chi connectivity index (χ0n) is 11.0. The lowest BCUT2D eigenvalue weighted by atomic mass is 10.2. The highest BCUT2D eigenvalue weighted by Gasteiger charge is 2.30. The predicted octanol–water partition coefficient (Wildman–Crippen LogP) is 3.09. The summed E-state index contributed by atoms with van der Waals surface area (Å²) in [5.41, 5.74) is 1.09. The van der Waals surface area contributed by atoms with Gasteiger partial charge in [-0.3, -0.25) is 9.69 Å². The number of likely N-dealkylation sites (N-methyl/N-ethyl adjacent to an activating group) is 1. The molecule has 0 aliphatic heterocycles. The first kappa shape index (κ1) is 14.6. The first-order valence-electron chi connectivity index (χ1n) is 6.55. The molecule has 0 aromatic heterocycles. The summed E-state index contributed by atoms with van der Waals surface area (Å²) in [6.45, 7) is 3.78. The fraction of sp³-hybridized carbons (Fsp3) is 0.500. The highest BCUT2D eigenvalue weighted by atomic mass is 35.5. The van der Waals surface area contributed by atoms with Gasteiger partial charge in [0.25, 0.3) is 0 Å². The van der Waals surface area contributed by atoms with Gasteiger partial charge in [-0.2, -0.15) is 0 Å². The number of hydrogen-bond donors (Lipinski definition) is 1. The smallest absolute Gasteiger partial charge is 0.234 e. The van der Waals surface area contributed by atoms with E-state index in [9.17, 15) is 4.79 Å². The maximum atomic E-state index is 11.7. The highest BCUT2D eigenvalue weighted by Crippen LogP contribution is 2.29. The summed E-state index contributed by atoms with van der Waals surface area (Å²) in [7, 11) is 0. The summed E-state index contributed by atoms with van der Waals surface area (Å²) in [6, 6.07) is 6.16. The number of rotatable bonds is 6. The molecule has 1 aliphatic carbocycles. The Balaban J connectivity index is 1.99. The van der Waals surface area contributed by atoms with E-state index in [1.165, 1.54) is 12.8 Å². The summed E-state index contributed by atoms with van der Waals surface area (Å²) in [5.74, 6) is 0.0782. The average Bonchev–Trinajstić information content (AvgIpc) is 3.17. The lowest BCUT2D eigenvalue weighted by Gasteiger charge is -2.21. The van der Waals surface area contributed by atoms with Crippen molar-refractivity contribution >= 4 is 29.1 Å². The Hall–Kier alpha value is -0.770. The lowest BCUT2D eigenvalue weighted by molar-refractivity contribution is -0.122. The van der Waals surface area contributed by atoms with Crippen LogP contribution in [0.5, 0.6) is 0 Å². The molecule has 1 aromatic carbocycles. The van der Waals surface area contributed by atoms with Gasteiger partial charge in [-0.05, 0) is 37.5 Å². The first-order valence-corrected chi connectivity index (χ1v) is 7.30. The molecule has 0 unspecified atom stereocenters. The summed E-state index contributed by atoms with van der Waals surface area (Å²) >= 11 is 11.9. The molecule has 0 bridgehead atoms. The number of carbonyl (C=O) groups excluding carboxylic acids is 1. The van der Waals surface area contributed by atoms with E-state index in [0.29, 0.717) is 29.2 Å². The Morgan fingerprint density at radius 2 is 2.11 bits per heavy atom. The molecule has 3 nitrogen and oxygen atoms in total. The molecule has 1 fully saturated rings. The molecule has 1 aromatic rings. The topological polar surface area (TPSA) is 32.3 Å². The number of nitrogens with one attached hydrogen (secondary N) is 1. The molecule has 0 heterocycles. The Morgan fingerprint density at radius 3 is 2.68 bits per heavy atom. The number of halogens is 2. The fourth-order valence-electron chi connectivity index (χ4n) is 2.06. The molecular formula is C14H18Cl2N2O. The average molecular weight is 301 g/mol. The number of carbonyl (C=O) groups is 1. The van der Waals surface area contributed by atoms with Crippen molar-refractivity contribution in [1.29, 1.82) is 0 Å². The van der Waals surface area contributed by atoms with Crippen LogP contribution in [0.1, 0.15) is 25.3 Å². The molecular weight excluding hydrogens is 283 g/mol. The third-order valence-corrected chi connectivity index (χ3v) is 3.89. The number of benzene rings is 1. The van der Waals surface area contributed by atoms with E-state index in [1.54, 1.807) is 6.07 Å². The highest BCUT2D eigenvalue weighted by molar-refractivity contribution is 6.42. The Morgan fingerprint density at radius 1 is 1.37 bits per heavy atom. The van der Waals surface area contributed by atoms with Crippen molar-refractivity contribution in [2.24, 2.45) is 0 Å². The van der Waals surface area contributed by atoms with Crippen LogP contribution in [0.25, 0.3) is 0 Å². The van der Waals surface area contributed by atoms with E-state index in [-0.39, 0.29) is 5.91 Å². The zero-order valence-corrected chi connectivity index (χ0v) is 12.5. The Bertz CT molecular complexity index is 461. The van der Waals surface area contributed by atoms with Crippen molar-refractivity contribution in [2.45, 2.75) is 32.4 Å². The maximum Gasteiger partial charge on any atom is 0.234 e. The predicted molar refractivity (Wildman–Crippen MR) is 78.6 cm³/mol. The van der Waals surface area contributed by atoms with E-state index in [2.05, 4.69) is 10.2 Å². The van der Waals surface area contributed by atoms with Crippen LogP contribution in [-0.2, 0) is 11.3 Å². The standard InChI is InChI=1S/C14H18Cl2N2O/c1-2-17-14(19)9-18(11-4-5-11)8-10-3-6-12(15)13(16)7-10/h3,6-7,11H,2,4-5,8-9H2,1H3,(H,17,19). The molecule has 1 amide bonds. The van der Waals surface area contributed by atoms with Gasteiger partial charge in [0.1, 0.15) is 0 Å². The molecule has 1 saturated carbocycles. The summed E-state index contributed by atoms with van der Waals surface area (Å²) in [5, 5.41) is 3.96. The second-order valence-electron chi connectivity index (χ2n) is 4.84. The summed E-state index contributed by atoms with van der Waals surface area (Å²) in [4.78, 5) is 13.9. The van der Waals surface area contributed by atoms with E-state index >= 15 is 0 Å². The van der Waals surface area contributed by atoms with Crippen LogP contribution < -0.4 is 5.32 Å². The number of hydrogen-bond acceptors (Lipinski definition) is 2. The van der Waals surface area contributed by atoms with Gasteiger partial charge in [-0.15, -0.1) is 0 Å². The monoisotopic (exact) mass is 300 g/mol. The summed E-state index contributed by atoms with van der Waals surface area (Å²) in [6.07, 6.45) is 2.33. The van der Waals surface area contributed by atoms with Gasteiger partial charge < -0.3 is 5.32 Å². The Labute approximate surface area is 123 Å². The van der Waals surface area contributed by atoms with Crippen molar-refractivity contribution < 1.29 is 4.79 Å². The van der Waals surface area contributed by atoms with Crippen LogP contribution in [0.4, 0.5) is 0 Å². The Kier molecular flexibility index (Phi) is 5.08. The molecule has 2 rings (SSSR count). The molecule has 0 radical (unpaired) electrons. The van der Waals surface area contributed by atoms with E-state index in [1.807, 2.05) is 19.1 Å². The van der Waals surface area contributed by atoms with Gasteiger partial charge in [0.2, 0.25) is 5.91 Å². The molecule has 0 atom stereocenters. The molecule has 1 aliphatic rings. The van der Waals surface area contributed by atoms with Crippen molar-refractivity contribution in [3.05, 3.63) is 33.8 Å². The lowest BCUT2D eigenvalue weighted by Crippen LogP contribution is -2.38. The largest absolute Gasteiger partial charge is 0.355 e. The minimum absolute atomic E-state index is 0.0782. The van der Waals surface area contributed by atoms with Crippen molar-refractivity contribution in [3.63, 3.8) is 0 Å². The van der Waals surface area contributed by atoms with Crippen LogP contribution in [0.2, 0.25) is 10.0 Å². The van der Waals surface area contributed by atoms with Gasteiger partial charge in [-0.25, -0.2) is 0 Å². The first-order chi connectivity index (χ1) is 9.10. The van der Waals surface area contributed by atoms with Crippen LogP contribution in [0.15, 0.2) is 18.2 Å². The second kappa shape index (κ2) is 6.60. The minimum atomic E-state index is 0.0782. The van der Waals surface area contributed by atoms with Gasteiger partial charge in [-0.1, -0.05) is 29.3 Å². The molecule has 0 saturated heterocycles. The normalized spacial score (nSPS) is 14.7. The molecule has 0 spiro atoms. The molecule has 104 valence electrons. The quantitative estimate of drug-likeness (QED) is 0.875. The molecule has 1 N–H and O–H groups in total. The van der Waals surface area contributed by atoms with E-state index < -0.39 is 0 Å². The van der Waals surface area contributed by atoms with Crippen LogP contribution in [0, 0.1) is 0 Å². The van der Waals surface area contributed by atoms with E-state index in [4.69, 9.17) is 23.2 Å². The van der Waals surface area contributed by atoms with E-state index in [0.717, 1.165) is 12.1 Å². The minimum Gasteiger partial charge on any atom is -0.355 e. The van der Waals surface area contributed by atoms with Crippen LogP contribution >= 0.6 is 23.2 Å². The van der Waals surface area contributed by atoms with Crippen LogP contribution in [0.3, 0.4) is 0 Å². The van der Waals surface area contributed by atoms with Crippen LogP contribution in [-0.4, -0.2) is 29.9 Å². The van der Waals surface area contributed by atoms with Gasteiger partial charge >= 0.3 is 0 Å². The number of nitrogens with zero attached hydrogens (tertiary/aromatic N) is 1. The third kappa shape index (κ3) is 4.37. The van der Waals surface area contributed by atoms with Gasteiger partial charge in [0.05, 0.1) is 16.6 Å². The molecule has 5 heteroatoms. The molecule has 19 heavy (non-hydrogen) atoms. The SMILES string of the molecule is CCNC(=O)CN(Cc1ccc(Cl)c(Cl)c1)C1CC1. The maximum absolute atomic E-state index is 11.7. The zero-order chi connectivity index (χ0) is 13.8.